The Balaban J connectivity index is 2.38. The van der Waals surface area contributed by atoms with E-state index in [0.29, 0.717) is 21.7 Å². The minimum Gasteiger partial charge on any atom is -0.478 e. The highest BCUT2D eigenvalue weighted by atomic mass is 79.9. The molecule has 0 radical (unpaired) electrons. The second-order valence-electron chi connectivity index (χ2n) is 3.94. The van der Waals surface area contributed by atoms with E-state index < -0.39 is 11.8 Å². The molecule has 0 unspecified atom stereocenters. The zero-order valence-corrected chi connectivity index (χ0v) is 11.5. The van der Waals surface area contributed by atoms with Gasteiger partial charge in [0, 0.05) is 10.2 Å². The Labute approximate surface area is 117 Å². The molecule has 1 aromatic heterocycles. The van der Waals surface area contributed by atoms with Crippen molar-refractivity contribution in [2.45, 2.75) is 6.92 Å². The number of hydrogen-bond donors (Lipinski definition) is 2. The van der Waals surface area contributed by atoms with Crippen LogP contribution < -0.4 is 5.32 Å². The average molecular weight is 325 g/mol. The minimum atomic E-state index is -1.04. The highest BCUT2D eigenvalue weighted by Crippen LogP contribution is 2.26. The van der Waals surface area contributed by atoms with Gasteiger partial charge in [0.15, 0.2) is 0 Å². The first kappa shape index (κ1) is 13.5. The molecule has 0 amide bonds. The number of halogens is 2. The minimum absolute atomic E-state index is 0.127. The van der Waals surface area contributed by atoms with Crippen molar-refractivity contribution in [2.75, 3.05) is 5.32 Å². The van der Waals surface area contributed by atoms with Crippen LogP contribution in [0.4, 0.5) is 15.9 Å². The van der Waals surface area contributed by atoms with Gasteiger partial charge in [0.05, 0.1) is 11.3 Å². The van der Waals surface area contributed by atoms with Gasteiger partial charge in [-0.1, -0.05) is 0 Å². The lowest BCUT2D eigenvalue weighted by Crippen LogP contribution is -2.02. The van der Waals surface area contributed by atoms with E-state index in [-0.39, 0.29) is 5.56 Å². The number of carboxylic acids is 1. The number of aryl methyl sites for hydroxylation is 1. The Morgan fingerprint density at radius 1 is 1.37 bits per heavy atom. The largest absolute Gasteiger partial charge is 0.478 e. The third kappa shape index (κ3) is 3.29. The Hall–Kier alpha value is -1.95. The van der Waals surface area contributed by atoms with Crippen molar-refractivity contribution >= 4 is 33.4 Å². The number of nitrogens with one attached hydrogen (secondary N) is 1. The maximum atomic E-state index is 13.2. The molecule has 2 N–H and O–H groups in total. The zero-order valence-electron chi connectivity index (χ0n) is 9.95. The van der Waals surface area contributed by atoms with E-state index in [1.54, 1.807) is 13.0 Å². The van der Waals surface area contributed by atoms with Crippen molar-refractivity contribution in [2.24, 2.45) is 0 Å². The van der Waals surface area contributed by atoms with Crippen LogP contribution in [0.15, 0.2) is 34.8 Å². The van der Waals surface area contributed by atoms with Crippen LogP contribution in [0.1, 0.15) is 16.1 Å². The van der Waals surface area contributed by atoms with Crippen LogP contribution in [0.2, 0.25) is 0 Å². The zero-order chi connectivity index (χ0) is 14.0. The van der Waals surface area contributed by atoms with E-state index in [1.807, 2.05) is 0 Å². The Morgan fingerprint density at radius 3 is 2.79 bits per heavy atom. The number of carboxylic acid groups (broad SMARTS) is 1. The first-order chi connectivity index (χ1) is 8.95. The van der Waals surface area contributed by atoms with Crippen LogP contribution in [0, 0.1) is 12.7 Å². The van der Waals surface area contributed by atoms with Gasteiger partial charge in [0.1, 0.15) is 11.6 Å². The van der Waals surface area contributed by atoms with Crippen LogP contribution in [0.5, 0.6) is 0 Å². The van der Waals surface area contributed by atoms with Gasteiger partial charge in [-0.05, 0) is 53.2 Å². The fraction of sp³-hybridized carbons (Fsp3) is 0.0769. The number of carbonyl (C=O) groups is 1. The van der Waals surface area contributed by atoms with Crippen molar-refractivity contribution in [1.82, 2.24) is 4.98 Å². The number of rotatable bonds is 3. The summed E-state index contributed by atoms with van der Waals surface area (Å²) < 4.78 is 13.8. The molecular weight excluding hydrogens is 315 g/mol. The summed E-state index contributed by atoms with van der Waals surface area (Å²) in [5.74, 6) is -1.08. The van der Waals surface area contributed by atoms with Gasteiger partial charge in [-0.25, -0.2) is 14.2 Å². The lowest BCUT2D eigenvalue weighted by molar-refractivity contribution is 0.0696. The molecule has 1 heterocycles. The van der Waals surface area contributed by atoms with Crippen molar-refractivity contribution in [1.29, 1.82) is 0 Å². The third-order valence-electron chi connectivity index (χ3n) is 2.39. The summed E-state index contributed by atoms with van der Waals surface area (Å²) in [5.41, 5.74) is 1.17. The summed E-state index contributed by atoms with van der Waals surface area (Å²) in [7, 11) is 0. The molecule has 6 heteroatoms. The summed E-state index contributed by atoms with van der Waals surface area (Å²) in [5, 5.41) is 11.9. The molecular formula is C13H10BrFN2O2. The first-order valence-corrected chi connectivity index (χ1v) is 6.19. The first-order valence-electron chi connectivity index (χ1n) is 5.40. The fourth-order valence-corrected chi connectivity index (χ4v) is 1.93. The second kappa shape index (κ2) is 5.36. The van der Waals surface area contributed by atoms with Crippen molar-refractivity contribution < 1.29 is 14.3 Å². The monoisotopic (exact) mass is 324 g/mol. The molecule has 2 aromatic rings. The van der Waals surface area contributed by atoms with Crippen molar-refractivity contribution in [3.63, 3.8) is 0 Å². The molecule has 4 nitrogen and oxygen atoms in total. The van der Waals surface area contributed by atoms with Gasteiger partial charge >= 0.3 is 5.97 Å². The Bertz CT molecular complexity index is 647. The van der Waals surface area contributed by atoms with Crippen molar-refractivity contribution in [3.8, 4) is 0 Å². The summed E-state index contributed by atoms with van der Waals surface area (Å²) in [4.78, 5) is 15.1. The molecule has 98 valence electrons. The van der Waals surface area contributed by atoms with Crippen LogP contribution >= 0.6 is 15.9 Å². The quantitative estimate of drug-likeness (QED) is 0.902. The van der Waals surface area contributed by atoms with E-state index in [4.69, 9.17) is 5.11 Å². The summed E-state index contributed by atoms with van der Waals surface area (Å²) in [6.07, 6.45) is 0. The molecule has 19 heavy (non-hydrogen) atoms. The maximum absolute atomic E-state index is 13.2. The number of aromatic carboxylic acids is 1. The number of aromatic nitrogens is 1. The molecule has 0 aliphatic rings. The SMILES string of the molecule is Cc1cc(C(=O)O)cc(Nc2cc(F)ccc2Br)n1. The predicted octanol–water partition coefficient (Wildman–Crippen LogP) is 3.73. The molecule has 1 aromatic carbocycles. The van der Waals surface area contributed by atoms with Gasteiger partial charge < -0.3 is 10.4 Å². The van der Waals surface area contributed by atoms with E-state index in [2.05, 4.69) is 26.2 Å². The lowest BCUT2D eigenvalue weighted by Gasteiger charge is -2.09. The van der Waals surface area contributed by atoms with Gasteiger partial charge in [0.25, 0.3) is 0 Å². The number of benzene rings is 1. The maximum Gasteiger partial charge on any atom is 0.335 e. The summed E-state index contributed by atoms with van der Waals surface area (Å²) in [6, 6.07) is 7.04. The number of anilines is 2. The highest BCUT2D eigenvalue weighted by Gasteiger charge is 2.08. The number of pyridine rings is 1. The van der Waals surface area contributed by atoms with Crippen molar-refractivity contribution in [3.05, 3.63) is 51.9 Å². The number of hydrogen-bond acceptors (Lipinski definition) is 3. The molecule has 0 saturated heterocycles. The smallest absolute Gasteiger partial charge is 0.335 e. The molecule has 0 bridgehead atoms. The number of nitrogens with zero attached hydrogens (tertiary/aromatic N) is 1. The van der Waals surface area contributed by atoms with E-state index in [0.717, 1.165) is 0 Å². The molecule has 0 fully saturated rings. The predicted molar refractivity (Wildman–Crippen MR) is 73.3 cm³/mol. The topological polar surface area (TPSA) is 62.2 Å². The lowest BCUT2D eigenvalue weighted by atomic mass is 10.2. The molecule has 0 aliphatic heterocycles. The van der Waals surface area contributed by atoms with Crippen LogP contribution in [0.25, 0.3) is 0 Å². The third-order valence-corrected chi connectivity index (χ3v) is 3.08. The molecule has 0 saturated carbocycles. The second-order valence-corrected chi connectivity index (χ2v) is 4.79. The van der Waals surface area contributed by atoms with E-state index >= 15 is 0 Å². The molecule has 2 rings (SSSR count). The summed E-state index contributed by atoms with van der Waals surface area (Å²) >= 11 is 3.28. The Morgan fingerprint density at radius 2 is 2.11 bits per heavy atom. The van der Waals surface area contributed by atoms with Gasteiger partial charge in [-0.15, -0.1) is 0 Å². The van der Waals surface area contributed by atoms with Crippen LogP contribution in [-0.4, -0.2) is 16.1 Å². The highest BCUT2D eigenvalue weighted by molar-refractivity contribution is 9.10. The van der Waals surface area contributed by atoms with Crippen LogP contribution in [-0.2, 0) is 0 Å². The summed E-state index contributed by atoms with van der Waals surface area (Å²) in [6.45, 7) is 1.69. The van der Waals surface area contributed by atoms with Crippen LogP contribution in [0.3, 0.4) is 0 Å². The molecule has 0 aliphatic carbocycles. The molecule has 0 atom stereocenters. The standard InChI is InChI=1S/C13H10BrFN2O2/c1-7-4-8(13(18)19)5-12(16-7)17-11-6-9(15)2-3-10(11)14/h2-6H,1H3,(H,16,17)(H,18,19). The van der Waals surface area contributed by atoms with Gasteiger partial charge in [-0.3, -0.25) is 0 Å². The molecule has 0 spiro atoms. The fourth-order valence-electron chi connectivity index (χ4n) is 1.59. The Kier molecular flexibility index (Phi) is 3.80. The van der Waals surface area contributed by atoms with Gasteiger partial charge in [-0.2, -0.15) is 0 Å². The van der Waals surface area contributed by atoms with E-state index in [9.17, 15) is 9.18 Å². The van der Waals surface area contributed by atoms with Gasteiger partial charge in [0.2, 0.25) is 0 Å². The average Bonchev–Trinajstić information content (AvgIpc) is 2.33. The van der Waals surface area contributed by atoms with E-state index in [1.165, 1.54) is 24.3 Å². The normalized spacial score (nSPS) is 10.3.